The van der Waals surface area contributed by atoms with Gasteiger partial charge in [0.05, 0.1) is 0 Å². The largest absolute Gasteiger partial charge is 0.484 e. The van der Waals surface area contributed by atoms with Crippen molar-refractivity contribution in [2.45, 2.75) is 57.5 Å². The molecule has 1 fully saturated rings. The number of nitrogens with one attached hydrogen (secondary N) is 1. The smallest absolute Gasteiger partial charge is 0.258 e. The van der Waals surface area contributed by atoms with E-state index in [1.165, 1.54) is 5.56 Å². The molecule has 1 aliphatic carbocycles. The van der Waals surface area contributed by atoms with Gasteiger partial charge >= 0.3 is 0 Å². The summed E-state index contributed by atoms with van der Waals surface area (Å²) >= 11 is 0. The molecule has 22 heavy (non-hydrogen) atoms. The van der Waals surface area contributed by atoms with Gasteiger partial charge in [-0.1, -0.05) is 26.0 Å². The summed E-state index contributed by atoms with van der Waals surface area (Å²) in [6.07, 6.45) is 3.91. The Morgan fingerprint density at radius 2 is 1.82 bits per heavy atom. The van der Waals surface area contributed by atoms with Crippen LogP contribution in [0, 0.1) is 0 Å². The molecule has 4 nitrogen and oxygen atoms in total. The third kappa shape index (κ3) is 5.85. The summed E-state index contributed by atoms with van der Waals surface area (Å²) in [4.78, 5) is 11.9. The summed E-state index contributed by atoms with van der Waals surface area (Å²) in [6.45, 7) is 4.38. The van der Waals surface area contributed by atoms with Crippen LogP contribution in [0.25, 0.3) is 0 Å². The highest BCUT2D eigenvalue weighted by Gasteiger charge is 2.20. The van der Waals surface area contributed by atoms with Crippen molar-refractivity contribution in [1.82, 2.24) is 5.32 Å². The molecule has 5 heteroatoms. The van der Waals surface area contributed by atoms with E-state index in [0.29, 0.717) is 12.0 Å². The Bertz CT molecular complexity index is 454. The average molecular weight is 327 g/mol. The lowest BCUT2D eigenvalue weighted by molar-refractivity contribution is -0.124. The predicted molar refractivity (Wildman–Crippen MR) is 91.6 cm³/mol. The van der Waals surface area contributed by atoms with Crippen molar-refractivity contribution in [3.8, 4) is 5.75 Å². The maximum atomic E-state index is 11.9. The zero-order valence-corrected chi connectivity index (χ0v) is 14.2. The van der Waals surface area contributed by atoms with E-state index < -0.39 is 0 Å². The van der Waals surface area contributed by atoms with E-state index in [9.17, 15) is 4.79 Å². The second kappa shape index (κ2) is 9.01. The van der Waals surface area contributed by atoms with E-state index in [-0.39, 0.29) is 31.0 Å². The highest BCUT2D eigenvalue weighted by molar-refractivity contribution is 5.85. The molecule has 1 amide bonds. The number of nitrogens with two attached hydrogens (primary N) is 1. The Balaban J connectivity index is 0.00000242. The van der Waals surface area contributed by atoms with Crippen LogP contribution in [0.2, 0.25) is 0 Å². The fourth-order valence-electron chi connectivity index (χ4n) is 2.63. The molecule has 0 spiro atoms. The second-order valence-electron chi connectivity index (χ2n) is 6.19. The summed E-state index contributed by atoms with van der Waals surface area (Å²) in [6, 6.07) is 8.48. The van der Waals surface area contributed by atoms with Crippen LogP contribution in [0.3, 0.4) is 0 Å². The number of carbonyl (C=O) groups excluding carboxylic acids is 1. The third-order valence-corrected chi connectivity index (χ3v) is 4.05. The molecule has 1 aliphatic rings. The summed E-state index contributed by atoms with van der Waals surface area (Å²) in [5.41, 5.74) is 7.13. The van der Waals surface area contributed by atoms with Crippen molar-refractivity contribution < 1.29 is 9.53 Å². The Morgan fingerprint density at radius 3 is 2.36 bits per heavy atom. The summed E-state index contributed by atoms with van der Waals surface area (Å²) in [7, 11) is 0. The molecule has 0 bridgehead atoms. The molecule has 0 aliphatic heterocycles. The quantitative estimate of drug-likeness (QED) is 0.874. The molecule has 124 valence electrons. The molecule has 0 radical (unpaired) electrons. The van der Waals surface area contributed by atoms with Crippen LogP contribution in [-0.4, -0.2) is 24.6 Å². The number of halogens is 1. The number of ether oxygens (including phenoxy) is 1. The first-order valence-electron chi connectivity index (χ1n) is 7.82. The minimum atomic E-state index is -0.0524. The van der Waals surface area contributed by atoms with Gasteiger partial charge in [-0.15, -0.1) is 12.4 Å². The molecular weight excluding hydrogens is 300 g/mol. The topological polar surface area (TPSA) is 64.3 Å². The fraction of sp³-hybridized carbons (Fsp3) is 0.588. The van der Waals surface area contributed by atoms with Crippen molar-refractivity contribution in [1.29, 1.82) is 0 Å². The Hall–Kier alpha value is -1.26. The van der Waals surface area contributed by atoms with Gasteiger partial charge in [-0.2, -0.15) is 0 Å². The number of rotatable bonds is 5. The molecule has 0 heterocycles. The monoisotopic (exact) mass is 326 g/mol. The Labute approximate surface area is 139 Å². The summed E-state index contributed by atoms with van der Waals surface area (Å²) in [5.74, 6) is 1.18. The molecule has 0 saturated heterocycles. The third-order valence-electron chi connectivity index (χ3n) is 4.05. The maximum Gasteiger partial charge on any atom is 0.258 e. The van der Waals surface area contributed by atoms with Crippen LogP contribution in [0.4, 0.5) is 0 Å². The lowest BCUT2D eigenvalue weighted by Crippen LogP contribution is -2.42. The lowest BCUT2D eigenvalue weighted by Gasteiger charge is -2.26. The standard InChI is InChI=1S/C17H26N2O2.ClH/c1-12(2)13-3-9-16(10-4-13)21-11-17(20)19-15-7-5-14(18)6-8-15;/h3-4,9-10,12,14-15H,5-8,11,18H2,1-2H3,(H,19,20);1H. The first-order chi connectivity index (χ1) is 10.0. The zero-order valence-electron chi connectivity index (χ0n) is 13.4. The van der Waals surface area contributed by atoms with Crippen LogP contribution < -0.4 is 15.8 Å². The van der Waals surface area contributed by atoms with Gasteiger partial charge in [0.15, 0.2) is 6.61 Å². The van der Waals surface area contributed by atoms with Gasteiger partial charge in [0.25, 0.3) is 5.91 Å². The molecule has 0 aromatic heterocycles. The maximum absolute atomic E-state index is 11.9. The number of benzene rings is 1. The van der Waals surface area contributed by atoms with Gasteiger partial charge in [-0.25, -0.2) is 0 Å². The van der Waals surface area contributed by atoms with Crippen molar-refractivity contribution in [3.05, 3.63) is 29.8 Å². The van der Waals surface area contributed by atoms with E-state index >= 15 is 0 Å². The zero-order chi connectivity index (χ0) is 15.2. The molecule has 2 rings (SSSR count). The number of carbonyl (C=O) groups is 1. The highest BCUT2D eigenvalue weighted by Crippen LogP contribution is 2.19. The minimum Gasteiger partial charge on any atom is -0.484 e. The van der Waals surface area contributed by atoms with E-state index in [2.05, 4.69) is 19.2 Å². The van der Waals surface area contributed by atoms with Crippen molar-refractivity contribution in [2.75, 3.05) is 6.61 Å². The Kier molecular flexibility index (Phi) is 7.69. The van der Waals surface area contributed by atoms with Crippen molar-refractivity contribution in [3.63, 3.8) is 0 Å². The highest BCUT2D eigenvalue weighted by atomic mass is 35.5. The van der Waals surface area contributed by atoms with Crippen LogP contribution in [-0.2, 0) is 4.79 Å². The second-order valence-corrected chi connectivity index (χ2v) is 6.19. The summed E-state index contributed by atoms with van der Waals surface area (Å²) in [5, 5.41) is 3.02. The first kappa shape index (κ1) is 18.8. The molecule has 3 N–H and O–H groups in total. The lowest BCUT2D eigenvalue weighted by atomic mass is 9.92. The molecule has 0 atom stereocenters. The molecule has 1 aromatic carbocycles. The van der Waals surface area contributed by atoms with Gasteiger partial charge in [0.1, 0.15) is 5.75 Å². The van der Waals surface area contributed by atoms with E-state index in [1.807, 2.05) is 24.3 Å². The number of amides is 1. The van der Waals surface area contributed by atoms with E-state index in [4.69, 9.17) is 10.5 Å². The molecule has 1 saturated carbocycles. The molecule has 0 unspecified atom stereocenters. The van der Waals surface area contributed by atoms with Crippen LogP contribution in [0.1, 0.15) is 51.0 Å². The molecular formula is C17H27ClN2O2. The van der Waals surface area contributed by atoms with E-state index in [1.54, 1.807) is 0 Å². The number of hydrogen-bond donors (Lipinski definition) is 2. The normalized spacial score (nSPS) is 21.1. The van der Waals surface area contributed by atoms with Crippen molar-refractivity contribution >= 4 is 18.3 Å². The van der Waals surface area contributed by atoms with Gasteiger partial charge < -0.3 is 15.8 Å². The van der Waals surface area contributed by atoms with Gasteiger partial charge in [0.2, 0.25) is 0 Å². The van der Waals surface area contributed by atoms with Gasteiger partial charge in [-0.3, -0.25) is 4.79 Å². The van der Waals surface area contributed by atoms with Crippen molar-refractivity contribution in [2.24, 2.45) is 5.73 Å². The van der Waals surface area contributed by atoms with E-state index in [0.717, 1.165) is 31.4 Å². The average Bonchev–Trinajstić information content (AvgIpc) is 2.48. The van der Waals surface area contributed by atoms with Crippen LogP contribution in [0.5, 0.6) is 5.75 Å². The van der Waals surface area contributed by atoms with Crippen LogP contribution >= 0.6 is 12.4 Å². The SMILES string of the molecule is CC(C)c1ccc(OCC(=O)NC2CCC(N)CC2)cc1.Cl. The van der Waals surface area contributed by atoms with Gasteiger partial charge in [0, 0.05) is 12.1 Å². The predicted octanol–water partition coefficient (Wildman–Crippen LogP) is 3.00. The Morgan fingerprint density at radius 1 is 1.23 bits per heavy atom. The van der Waals surface area contributed by atoms with Gasteiger partial charge in [-0.05, 0) is 49.3 Å². The number of hydrogen-bond acceptors (Lipinski definition) is 3. The molecule has 1 aromatic rings. The van der Waals surface area contributed by atoms with Crippen LogP contribution in [0.15, 0.2) is 24.3 Å². The first-order valence-corrected chi connectivity index (χ1v) is 7.82. The fourth-order valence-corrected chi connectivity index (χ4v) is 2.63. The summed E-state index contributed by atoms with van der Waals surface area (Å²) < 4.78 is 5.53. The minimum absolute atomic E-state index is 0.